The van der Waals surface area contributed by atoms with Crippen LogP contribution in [-0.4, -0.2) is 15.0 Å². The largest absolute Gasteiger partial charge is 0.500 e. The number of fused-ring (bicyclic) bond motifs is 7. The van der Waals surface area contributed by atoms with Crippen molar-refractivity contribution >= 4 is 43.9 Å². The number of nitrogens with zero attached hydrogens (tertiary/aromatic N) is 3. The van der Waals surface area contributed by atoms with E-state index in [4.69, 9.17) is 8.83 Å². The Morgan fingerprint density at radius 2 is 1.38 bits per heavy atom. The van der Waals surface area contributed by atoms with E-state index >= 15 is 0 Å². The van der Waals surface area contributed by atoms with Crippen LogP contribution in [-0.2, 0) is 30.9 Å². The molecule has 4 aromatic heterocycles. The van der Waals surface area contributed by atoms with E-state index in [2.05, 4.69) is 92.9 Å². The Kier molecular flexibility index (Phi) is 8.60. The van der Waals surface area contributed by atoms with Gasteiger partial charge >= 0.3 is 0 Å². The zero-order valence-electron chi connectivity index (χ0n) is 27.3. The van der Waals surface area contributed by atoms with Crippen molar-refractivity contribution in [3.63, 3.8) is 0 Å². The zero-order valence-corrected chi connectivity index (χ0v) is 29.7. The first-order chi connectivity index (χ1) is 22.1. The number of furan rings is 2. The Hall–Kier alpha value is -4.64. The van der Waals surface area contributed by atoms with E-state index in [-0.39, 0.29) is 30.9 Å². The molecule has 4 aromatic carbocycles. The molecule has 8 rings (SSSR count). The van der Waals surface area contributed by atoms with Crippen molar-refractivity contribution in [3.05, 3.63) is 127 Å². The summed E-state index contributed by atoms with van der Waals surface area (Å²) < 4.78 is 12.5. The topological polar surface area (TPSA) is 65.0 Å². The molecule has 0 aliphatic carbocycles. The van der Waals surface area contributed by atoms with Gasteiger partial charge < -0.3 is 13.8 Å². The number of aromatic nitrogens is 3. The molecule has 0 unspecified atom stereocenters. The molecule has 6 heteroatoms. The first kappa shape index (κ1) is 32.3. The summed E-state index contributed by atoms with van der Waals surface area (Å²) in [4.78, 5) is 13.5. The smallest absolute Gasteiger partial charge is 0.139 e. The van der Waals surface area contributed by atoms with Crippen LogP contribution in [0.25, 0.3) is 66.4 Å². The van der Waals surface area contributed by atoms with Crippen LogP contribution in [0.2, 0.25) is 0 Å². The minimum atomic E-state index is -0.0681. The average Bonchev–Trinajstić information content (AvgIpc) is 3.63. The van der Waals surface area contributed by atoms with Crippen molar-refractivity contribution in [3.8, 4) is 22.5 Å². The Balaban J connectivity index is 0.000000194. The summed E-state index contributed by atoms with van der Waals surface area (Å²) in [6, 6.07) is 36.8. The van der Waals surface area contributed by atoms with Gasteiger partial charge in [-0.3, -0.25) is 4.98 Å². The number of hydrogen-bond donors (Lipinski definition) is 0. The van der Waals surface area contributed by atoms with Gasteiger partial charge in [0.15, 0.2) is 0 Å². The van der Waals surface area contributed by atoms with Crippen LogP contribution in [0.3, 0.4) is 0 Å². The van der Waals surface area contributed by atoms with Crippen LogP contribution in [0.4, 0.5) is 0 Å². The minimum absolute atomic E-state index is 0. The summed E-state index contributed by atoms with van der Waals surface area (Å²) in [7, 11) is 0. The van der Waals surface area contributed by atoms with Crippen molar-refractivity contribution in [1.29, 1.82) is 0 Å². The van der Waals surface area contributed by atoms with Gasteiger partial charge in [0.05, 0.1) is 11.0 Å². The summed E-state index contributed by atoms with van der Waals surface area (Å²) in [5.41, 5.74) is 9.31. The van der Waals surface area contributed by atoms with Crippen molar-refractivity contribution in [2.45, 2.75) is 52.4 Å². The summed E-state index contributed by atoms with van der Waals surface area (Å²) in [5, 5.41) is 4.16. The maximum absolute atomic E-state index is 6.49. The number of hydrogen-bond acceptors (Lipinski definition) is 5. The average molecular weight is 794 g/mol. The van der Waals surface area contributed by atoms with Gasteiger partial charge in [-0.05, 0) is 40.6 Å². The van der Waals surface area contributed by atoms with Crippen molar-refractivity contribution < 1.29 is 28.9 Å². The SMILES string of the molecule is CC(C)(C)c1cc(-c2[c-]ccc3c2oc2c3ccc3oc4ccccc4c32)ncn1.CC(C)(C)c1ccc(-c2[c-]cccc2)nc1.[Ir]. The van der Waals surface area contributed by atoms with Crippen molar-refractivity contribution in [2.24, 2.45) is 0 Å². The molecule has 0 fully saturated rings. The number of pyridine rings is 1. The molecular formula is C41H35IrN3O2-2. The van der Waals surface area contributed by atoms with Crippen molar-refractivity contribution in [1.82, 2.24) is 15.0 Å². The molecule has 4 heterocycles. The molecule has 5 nitrogen and oxygen atoms in total. The number of benzene rings is 4. The van der Waals surface area contributed by atoms with E-state index in [9.17, 15) is 0 Å². The van der Waals surface area contributed by atoms with Gasteiger partial charge in [-0.15, -0.1) is 54.1 Å². The van der Waals surface area contributed by atoms with E-state index in [1.165, 1.54) is 5.56 Å². The van der Waals surface area contributed by atoms with Crippen LogP contribution in [0.1, 0.15) is 52.8 Å². The standard InChI is InChI=1S/C26H19N2O2.C15H16N.Ir/c1-26(2,3)22-13-19(27-14-28-22)17-9-6-8-15-16-11-12-21-23(25(16)30-24(15)17)18-7-4-5-10-20(18)29-21;1-15(2,3)13-9-10-14(16-11-13)12-7-5-4-6-8-12;/h4-8,10-14H,1-3H3;4-7,9-11H,1-3H3;/q2*-1;. The molecule has 0 atom stereocenters. The molecule has 0 aliphatic rings. The first-order valence-corrected chi connectivity index (χ1v) is 15.5. The van der Waals surface area contributed by atoms with E-state index in [1.807, 2.05) is 72.9 Å². The van der Waals surface area contributed by atoms with E-state index < -0.39 is 0 Å². The van der Waals surface area contributed by atoms with Gasteiger partial charge in [0.1, 0.15) is 23.1 Å². The molecule has 0 bridgehead atoms. The summed E-state index contributed by atoms with van der Waals surface area (Å²) >= 11 is 0. The van der Waals surface area contributed by atoms with Crippen LogP contribution in [0.15, 0.2) is 112 Å². The fraction of sp³-hybridized carbons (Fsp3) is 0.195. The normalized spacial score (nSPS) is 11.9. The van der Waals surface area contributed by atoms with E-state index in [1.54, 1.807) is 6.33 Å². The molecule has 0 saturated heterocycles. The third-order valence-electron chi connectivity index (χ3n) is 8.25. The monoisotopic (exact) mass is 794 g/mol. The van der Waals surface area contributed by atoms with Crippen molar-refractivity contribution in [2.75, 3.05) is 0 Å². The zero-order chi connectivity index (χ0) is 32.1. The van der Waals surface area contributed by atoms with Gasteiger partial charge in [-0.1, -0.05) is 88.9 Å². The third-order valence-corrected chi connectivity index (χ3v) is 8.25. The predicted octanol–water partition coefficient (Wildman–Crippen LogP) is 10.9. The Morgan fingerprint density at radius 1 is 0.596 bits per heavy atom. The molecule has 47 heavy (non-hydrogen) atoms. The quantitative estimate of drug-likeness (QED) is 0.163. The molecule has 0 spiro atoms. The summed E-state index contributed by atoms with van der Waals surface area (Å²) in [6.07, 6.45) is 3.57. The maximum Gasteiger partial charge on any atom is 0.139 e. The third kappa shape index (κ3) is 6.24. The molecule has 1 radical (unpaired) electrons. The van der Waals surface area contributed by atoms with Gasteiger partial charge in [0.25, 0.3) is 0 Å². The summed E-state index contributed by atoms with van der Waals surface area (Å²) in [6.45, 7) is 13.0. The van der Waals surface area contributed by atoms with E-state index in [0.717, 1.165) is 72.1 Å². The van der Waals surface area contributed by atoms with Crippen LogP contribution < -0.4 is 0 Å². The van der Waals surface area contributed by atoms with E-state index in [0.29, 0.717) is 0 Å². The Labute approximate surface area is 288 Å². The maximum atomic E-state index is 6.49. The second-order valence-corrected chi connectivity index (χ2v) is 13.6. The molecule has 0 N–H and O–H groups in total. The minimum Gasteiger partial charge on any atom is -0.500 e. The predicted molar refractivity (Wildman–Crippen MR) is 187 cm³/mol. The number of para-hydroxylation sites is 1. The molecule has 0 amide bonds. The fourth-order valence-corrected chi connectivity index (χ4v) is 5.65. The van der Waals surface area contributed by atoms with Crippen LogP contribution in [0, 0.1) is 12.1 Å². The second-order valence-electron chi connectivity index (χ2n) is 13.6. The molecule has 0 saturated carbocycles. The fourth-order valence-electron chi connectivity index (χ4n) is 5.65. The van der Waals surface area contributed by atoms with Gasteiger partial charge in [0, 0.05) is 48.2 Å². The molecule has 237 valence electrons. The Morgan fingerprint density at radius 3 is 2.11 bits per heavy atom. The molecular weight excluding hydrogens is 759 g/mol. The number of rotatable bonds is 2. The van der Waals surface area contributed by atoms with Gasteiger partial charge in [0.2, 0.25) is 0 Å². The van der Waals surface area contributed by atoms with Gasteiger partial charge in [-0.2, -0.15) is 0 Å². The molecule has 0 aliphatic heterocycles. The first-order valence-electron chi connectivity index (χ1n) is 15.5. The Bertz CT molecular complexity index is 2320. The van der Waals surface area contributed by atoms with Gasteiger partial charge in [-0.25, -0.2) is 4.98 Å². The second kappa shape index (κ2) is 12.5. The van der Waals surface area contributed by atoms with Crippen LogP contribution in [0.5, 0.6) is 0 Å². The van der Waals surface area contributed by atoms with Crippen LogP contribution >= 0.6 is 0 Å². The molecule has 8 aromatic rings. The summed E-state index contributed by atoms with van der Waals surface area (Å²) in [5.74, 6) is 0.